The fourth-order valence-corrected chi connectivity index (χ4v) is 6.18. The first-order valence-electron chi connectivity index (χ1n) is 18.1. The second-order valence-corrected chi connectivity index (χ2v) is 13.7. The molecule has 15 nitrogen and oxygen atoms in total. The molecule has 4 amide bonds. The number of aliphatic hydroxyl groups excluding tert-OH is 1. The second-order valence-electron chi connectivity index (χ2n) is 13.7. The summed E-state index contributed by atoms with van der Waals surface area (Å²) in [6.45, 7) is 4.16. The van der Waals surface area contributed by atoms with Gasteiger partial charge in [0.05, 0.1) is 30.5 Å². The molecule has 0 spiro atoms. The Morgan fingerprint density at radius 1 is 0.815 bits per heavy atom. The van der Waals surface area contributed by atoms with Gasteiger partial charge in [-0.25, -0.2) is 9.78 Å². The quantitative estimate of drug-likeness (QED) is 0.0578. The largest absolute Gasteiger partial charge is 0.480 e. The molecule has 0 aliphatic heterocycles. The second kappa shape index (κ2) is 20.5. The first-order chi connectivity index (χ1) is 25.9. The topological polar surface area (TPSA) is 242 Å². The van der Waals surface area contributed by atoms with Crippen LogP contribution in [-0.2, 0) is 32.0 Å². The predicted molar refractivity (Wildman–Crippen MR) is 202 cm³/mol. The van der Waals surface area contributed by atoms with Crippen LogP contribution in [0.1, 0.15) is 67.6 Å². The van der Waals surface area contributed by atoms with Crippen molar-refractivity contribution in [3.63, 3.8) is 0 Å². The lowest BCUT2D eigenvalue weighted by molar-refractivity contribution is -0.142. The molecule has 0 saturated heterocycles. The number of benzene rings is 2. The summed E-state index contributed by atoms with van der Waals surface area (Å²) >= 11 is 0. The van der Waals surface area contributed by atoms with Crippen LogP contribution in [0.25, 0.3) is 10.8 Å². The van der Waals surface area contributed by atoms with Gasteiger partial charge in [-0.2, -0.15) is 0 Å². The number of carbonyl (C=O) groups is 5. The zero-order valence-electron chi connectivity index (χ0n) is 30.5. The minimum Gasteiger partial charge on any atom is -0.480 e. The lowest BCUT2D eigenvalue weighted by Gasteiger charge is -2.29. The van der Waals surface area contributed by atoms with Crippen molar-refractivity contribution in [1.29, 1.82) is 0 Å². The average molecular weight is 743 g/mol. The number of aromatic nitrogens is 3. The van der Waals surface area contributed by atoms with Gasteiger partial charge in [-0.3, -0.25) is 24.2 Å². The molecule has 288 valence electrons. The maximum absolute atomic E-state index is 14.2. The van der Waals surface area contributed by atoms with E-state index in [2.05, 4.69) is 36.2 Å². The number of H-pyrrole nitrogens is 1. The highest BCUT2D eigenvalue weighted by Crippen LogP contribution is 2.20. The summed E-state index contributed by atoms with van der Waals surface area (Å²) in [6, 6.07) is 12.2. The predicted octanol–water partition coefficient (Wildman–Crippen LogP) is 2.01. The number of aromatic amines is 1. The van der Waals surface area contributed by atoms with Crippen molar-refractivity contribution in [2.75, 3.05) is 6.54 Å². The molecule has 0 fully saturated rings. The molecule has 4 rings (SSSR count). The molecule has 54 heavy (non-hydrogen) atoms. The fraction of sp³-hybridized carbons (Fsp3) is 0.410. The number of carboxylic acid groups (broad SMARTS) is 1. The van der Waals surface area contributed by atoms with E-state index < -0.39 is 66.3 Å². The molecular weight excluding hydrogens is 692 g/mol. The van der Waals surface area contributed by atoms with Gasteiger partial charge in [0.15, 0.2) is 0 Å². The van der Waals surface area contributed by atoms with Gasteiger partial charge in [0.1, 0.15) is 18.1 Å². The number of nitrogens with two attached hydrogens (primary N) is 1. The number of hydrogen-bond acceptors (Lipinski definition) is 9. The van der Waals surface area contributed by atoms with Gasteiger partial charge in [0, 0.05) is 37.1 Å². The molecule has 2 heterocycles. The smallest absolute Gasteiger partial charge is 0.326 e. The van der Waals surface area contributed by atoms with Crippen LogP contribution in [0.2, 0.25) is 0 Å². The summed E-state index contributed by atoms with van der Waals surface area (Å²) in [5.74, 6) is -3.71. The standard InChI is InChI=1S/C39H50N8O7/c1-24(2)17-31(34(48)20-35(49)44-30(39(53)54)14-5-6-15-40)45-38(52)33(19-28-22-42-23-43-28)47-37(51)32(46-36(50)27-12-8-16-41-21-27)18-26-11-7-10-25-9-3-4-13-29(25)26/h3-4,7-13,16,21-24,30-34,48H,5-6,14-15,17-20,40H2,1-2H3,(H,42,43)(H,44,49)(H,45,52)(H,46,50)(H,47,51)(H,53,54)/t30-,31-,32-,33-,34-/m0/s1. The third-order valence-corrected chi connectivity index (χ3v) is 8.95. The first kappa shape index (κ1) is 41.1. The Bertz CT molecular complexity index is 1830. The van der Waals surface area contributed by atoms with Crippen molar-refractivity contribution in [2.45, 2.75) is 89.1 Å². The lowest BCUT2D eigenvalue weighted by Crippen LogP contribution is -2.57. The number of unbranched alkanes of at least 4 members (excludes halogenated alkanes) is 1. The maximum Gasteiger partial charge on any atom is 0.326 e. The van der Waals surface area contributed by atoms with Gasteiger partial charge in [-0.1, -0.05) is 56.3 Å². The van der Waals surface area contributed by atoms with Crippen LogP contribution in [0.4, 0.5) is 0 Å². The summed E-state index contributed by atoms with van der Waals surface area (Å²) in [4.78, 5) is 77.2. The summed E-state index contributed by atoms with van der Waals surface area (Å²) in [5, 5.41) is 33.6. The molecule has 2 aromatic carbocycles. The van der Waals surface area contributed by atoms with Crippen molar-refractivity contribution in [3.8, 4) is 0 Å². The van der Waals surface area contributed by atoms with Gasteiger partial charge in [-0.05, 0) is 66.6 Å². The highest BCUT2D eigenvalue weighted by molar-refractivity contribution is 5.98. The van der Waals surface area contributed by atoms with Gasteiger partial charge >= 0.3 is 5.97 Å². The molecule has 15 heteroatoms. The number of imidazole rings is 1. The van der Waals surface area contributed by atoms with Crippen molar-refractivity contribution < 1.29 is 34.2 Å². The third-order valence-electron chi connectivity index (χ3n) is 8.95. The Morgan fingerprint density at radius 2 is 1.56 bits per heavy atom. The Balaban J connectivity index is 1.55. The van der Waals surface area contributed by atoms with Crippen LogP contribution in [0.3, 0.4) is 0 Å². The number of carboxylic acids is 1. The zero-order chi connectivity index (χ0) is 39.0. The Morgan fingerprint density at radius 3 is 2.24 bits per heavy atom. The minimum absolute atomic E-state index is 0.0107. The van der Waals surface area contributed by atoms with Crippen molar-refractivity contribution in [2.24, 2.45) is 11.7 Å². The number of carbonyl (C=O) groups excluding carboxylic acids is 4. The highest BCUT2D eigenvalue weighted by Gasteiger charge is 2.32. The molecule has 2 aromatic heterocycles. The van der Waals surface area contributed by atoms with E-state index in [0.29, 0.717) is 25.1 Å². The van der Waals surface area contributed by atoms with Crippen LogP contribution in [0.15, 0.2) is 79.5 Å². The van der Waals surface area contributed by atoms with Gasteiger partial charge in [0.25, 0.3) is 5.91 Å². The van der Waals surface area contributed by atoms with E-state index in [9.17, 15) is 34.2 Å². The van der Waals surface area contributed by atoms with E-state index in [4.69, 9.17) is 5.73 Å². The number of amides is 4. The SMILES string of the molecule is CC(C)C[C@H](NC(=O)[C@H](Cc1cnc[nH]1)NC(=O)[C@H](Cc1cccc2ccccc12)NC(=O)c1cccnc1)[C@@H](O)CC(=O)N[C@@H](CCCCN)C(=O)O. The Labute approximate surface area is 313 Å². The molecule has 0 saturated carbocycles. The van der Waals surface area contributed by atoms with E-state index >= 15 is 0 Å². The van der Waals surface area contributed by atoms with Crippen LogP contribution in [0, 0.1) is 5.92 Å². The van der Waals surface area contributed by atoms with Gasteiger partial charge < -0.3 is 42.2 Å². The summed E-state index contributed by atoms with van der Waals surface area (Å²) < 4.78 is 0. The third kappa shape index (κ3) is 12.5. The molecule has 0 radical (unpaired) electrons. The number of nitrogens with zero attached hydrogens (tertiary/aromatic N) is 2. The summed E-state index contributed by atoms with van der Waals surface area (Å²) in [5.41, 5.74) is 7.10. The van der Waals surface area contributed by atoms with E-state index in [-0.39, 0.29) is 37.2 Å². The number of fused-ring (bicyclic) bond motifs is 1. The number of nitrogens with one attached hydrogen (secondary N) is 5. The van der Waals surface area contributed by atoms with Gasteiger partial charge in [-0.15, -0.1) is 0 Å². The van der Waals surface area contributed by atoms with Crippen molar-refractivity contribution >= 4 is 40.4 Å². The summed E-state index contributed by atoms with van der Waals surface area (Å²) in [7, 11) is 0. The first-order valence-corrected chi connectivity index (χ1v) is 18.1. The number of aliphatic hydroxyl groups is 1. The normalized spacial score (nSPS) is 14.0. The van der Waals surface area contributed by atoms with Crippen LogP contribution in [-0.4, -0.2) is 91.6 Å². The van der Waals surface area contributed by atoms with Crippen molar-refractivity contribution in [1.82, 2.24) is 36.2 Å². The van der Waals surface area contributed by atoms with Crippen molar-refractivity contribution in [3.05, 3.63) is 96.3 Å². The number of aliphatic carboxylic acids is 1. The molecular formula is C39H50N8O7. The molecule has 4 aromatic rings. The van der Waals surface area contributed by atoms with E-state index in [1.807, 2.05) is 56.3 Å². The Hall–Kier alpha value is -5.67. The van der Waals surface area contributed by atoms with Crippen LogP contribution in [0.5, 0.6) is 0 Å². The van der Waals surface area contributed by atoms with Crippen LogP contribution >= 0.6 is 0 Å². The van der Waals surface area contributed by atoms with Gasteiger partial charge in [0.2, 0.25) is 17.7 Å². The highest BCUT2D eigenvalue weighted by atomic mass is 16.4. The Kier molecular flexibility index (Phi) is 15.6. The molecule has 9 N–H and O–H groups in total. The van der Waals surface area contributed by atoms with E-state index in [0.717, 1.165) is 16.3 Å². The fourth-order valence-electron chi connectivity index (χ4n) is 6.18. The zero-order valence-corrected chi connectivity index (χ0v) is 30.5. The minimum atomic E-state index is -1.38. The number of pyridine rings is 1. The number of rotatable bonds is 21. The lowest BCUT2D eigenvalue weighted by atomic mass is 9.96. The number of hydrogen-bond donors (Lipinski definition) is 8. The van der Waals surface area contributed by atoms with Crippen LogP contribution < -0.4 is 27.0 Å². The average Bonchev–Trinajstić information content (AvgIpc) is 3.67. The molecule has 0 bridgehead atoms. The van der Waals surface area contributed by atoms with E-state index in [1.54, 1.807) is 12.1 Å². The monoisotopic (exact) mass is 742 g/mol. The van der Waals surface area contributed by atoms with E-state index in [1.165, 1.54) is 24.9 Å². The molecule has 0 unspecified atom stereocenters. The molecule has 5 atom stereocenters. The maximum atomic E-state index is 14.2. The molecule has 0 aliphatic rings. The summed E-state index contributed by atoms with van der Waals surface area (Å²) in [6.07, 6.45) is 5.67. The molecule has 0 aliphatic carbocycles.